The molecule has 1 atom stereocenters. The molecule has 0 saturated carbocycles. The Morgan fingerprint density at radius 3 is 3.05 bits per heavy atom. The van der Waals surface area contributed by atoms with Crippen LogP contribution < -0.4 is 15.4 Å². The molecule has 1 amide bonds. The van der Waals surface area contributed by atoms with E-state index in [0.29, 0.717) is 23.2 Å². The first-order valence-corrected chi connectivity index (χ1v) is 7.59. The molecule has 0 aliphatic carbocycles. The van der Waals surface area contributed by atoms with Crippen molar-refractivity contribution in [1.82, 2.24) is 5.32 Å². The van der Waals surface area contributed by atoms with Gasteiger partial charge >= 0.3 is 0 Å². The van der Waals surface area contributed by atoms with Gasteiger partial charge in [0.15, 0.2) is 0 Å². The molecule has 1 aromatic rings. The summed E-state index contributed by atoms with van der Waals surface area (Å²) >= 11 is 1.99. The van der Waals surface area contributed by atoms with Crippen molar-refractivity contribution in [2.45, 2.75) is 18.1 Å². The number of hydrogen-bond acceptors (Lipinski definition) is 4. The van der Waals surface area contributed by atoms with Crippen molar-refractivity contribution in [3.05, 3.63) is 24.3 Å². The number of hydrogen-bond donors (Lipinski definition) is 2. The first kappa shape index (κ1) is 14.2. The lowest BCUT2D eigenvalue weighted by atomic mass is 10.2. The van der Waals surface area contributed by atoms with Crippen LogP contribution in [0.15, 0.2) is 24.3 Å². The van der Waals surface area contributed by atoms with E-state index in [1.54, 1.807) is 7.11 Å². The SMILES string of the molecule is COc1ccccc1NC(=O)CNCC1CCCS1. The molecular weight excluding hydrogens is 260 g/mol. The van der Waals surface area contributed by atoms with Crippen molar-refractivity contribution < 1.29 is 9.53 Å². The number of anilines is 1. The van der Waals surface area contributed by atoms with E-state index in [1.165, 1.54) is 18.6 Å². The van der Waals surface area contributed by atoms with Crippen LogP contribution in [-0.4, -0.2) is 37.1 Å². The van der Waals surface area contributed by atoms with Crippen LogP contribution in [0.1, 0.15) is 12.8 Å². The van der Waals surface area contributed by atoms with Crippen molar-refractivity contribution in [3.63, 3.8) is 0 Å². The highest BCUT2D eigenvalue weighted by molar-refractivity contribution is 8.00. The van der Waals surface area contributed by atoms with Crippen LogP contribution in [0, 0.1) is 0 Å². The number of carbonyl (C=O) groups is 1. The highest BCUT2D eigenvalue weighted by atomic mass is 32.2. The number of thioether (sulfide) groups is 1. The van der Waals surface area contributed by atoms with E-state index in [-0.39, 0.29) is 5.91 Å². The minimum Gasteiger partial charge on any atom is -0.495 e. The Morgan fingerprint density at radius 1 is 1.47 bits per heavy atom. The standard InChI is InChI=1S/C14H20N2O2S/c1-18-13-7-3-2-6-12(13)16-14(17)10-15-9-11-5-4-8-19-11/h2-3,6-7,11,15H,4-5,8-10H2,1H3,(H,16,17). The average molecular weight is 280 g/mol. The van der Waals surface area contributed by atoms with Gasteiger partial charge in [-0.1, -0.05) is 12.1 Å². The third kappa shape index (κ3) is 4.44. The summed E-state index contributed by atoms with van der Waals surface area (Å²) in [7, 11) is 1.60. The Morgan fingerprint density at radius 2 is 2.32 bits per heavy atom. The second-order valence-corrected chi connectivity index (χ2v) is 5.92. The smallest absolute Gasteiger partial charge is 0.238 e. The van der Waals surface area contributed by atoms with Crippen molar-refractivity contribution in [2.24, 2.45) is 0 Å². The van der Waals surface area contributed by atoms with Crippen LogP contribution in [0.3, 0.4) is 0 Å². The van der Waals surface area contributed by atoms with E-state index in [1.807, 2.05) is 36.0 Å². The maximum atomic E-state index is 11.8. The van der Waals surface area contributed by atoms with Gasteiger partial charge in [-0.25, -0.2) is 0 Å². The van der Waals surface area contributed by atoms with E-state index in [2.05, 4.69) is 10.6 Å². The second-order valence-electron chi connectivity index (χ2n) is 4.51. The van der Waals surface area contributed by atoms with Gasteiger partial charge in [-0.05, 0) is 30.7 Å². The van der Waals surface area contributed by atoms with Crippen molar-refractivity contribution in [1.29, 1.82) is 0 Å². The molecule has 4 nitrogen and oxygen atoms in total. The van der Waals surface area contributed by atoms with E-state index in [9.17, 15) is 4.79 Å². The maximum absolute atomic E-state index is 11.8. The fraction of sp³-hybridized carbons (Fsp3) is 0.500. The molecular formula is C14H20N2O2S. The third-order valence-electron chi connectivity index (χ3n) is 3.06. The van der Waals surface area contributed by atoms with Crippen LogP contribution in [0.4, 0.5) is 5.69 Å². The van der Waals surface area contributed by atoms with Gasteiger partial charge < -0.3 is 15.4 Å². The van der Waals surface area contributed by atoms with Gasteiger partial charge in [0.05, 0.1) is 19.3 Å². The average Bonchev–Trinajstić information content (AvgIpc) is 2.92. The molecule has 1 unspecified atom stereocenters. The van der Waals surface area contributed by atoms with Crippen LogP contribution in [0.5, 0.6) is 5.75 Å². The summed E-state index contributed by atoms with van der Waals surface area (Å²) in [5.74, 6) is 1.90. The number of amides is 1. The van der Waals surface area contributed by atoms with Crippen molar-refractivity contribution in [3.8, 4) is 5.75 Å². The lowest BCUT2D eigenvalue weighted by Gasteiger charge is -2.12. The Labute approximate surface area is 118 Å². The molecule has 0 radical (unpaired) electrons. The summed E-state index contributed by atoms with van der Waals surface area (Å²) in [4.78, 5) is 11.8. The van der Waals surface area contributed by atoms with Crippen LogP contribution in [-0.2, 0) is 4.79 Å². The van der Waals surface area contributed by atoms with Gasteiger partial charge in [-0.2, -0.15) is 11.8 Å². The normalized spacial score (nSPS) is 18.3. The first-order chi connectivity index (χ1) is 9.29. The predicted molar refractivity (Wildman–Crippen MR) is 80.0 cm³/mol. The fourth-order valence-electron chi connectivity index (χ4n) is 2.09. The Balaban J connectivity index is 1.74. The summed E-state index contributed by atoms with van der Waals surface area (Å²) < 4.78 is 5.19. The molecule has 1 fully saturated rings. The van der Waals surface area contributed by atoms with E-state index < -0.39 is 0 Å². The highest BCUT2D eigenvalue weighted by Gasteiger charge is 2.15. The quantitative estimate of drug-likeness (QED) is 0.838. The second kappa shape index (κ2) is 7.40. The molecule has 2 rings (SSSR count). The Hall–Kier alpha value is -1.20. The fourth-order valence-corrected chi connectivity index (χ4v) is 3.33. The molecule has 2 N–H and O–H groups in total. The Kier molecular flexibility index (Phi) is 5.54. The molecule has 104 valence electrons. The molecule has 1 heterocycles. The summed E-state index contributed by atoms with van der Waals surface area (Å²) in [6.45, 7) is 1.25. The minimum absolute atomic E-state index is 0.0347. The molecule has 0 spiro atoms. The topological polar surface area (TPSA) is 50.4 Å². The zero-order chi connectivity index (χ0) is 13.5. The predicted octanol–water partition coefficient (Wildman–Crippen LogP) is 2.12. The largest absolute Gasteiger partial charge is 0.495 e. The zero-order valence-corrected chi connectivity index (χ0v) is 12.0. The number of rotatable bonds is 6. The number of benzene rings is 1. The van der Waals surface area contributed by atoms with E-state index in [4.69, 9.17) is 4.74 Å². The van der Waals surface area contributed by atoms with Crippen LogP contribution in [0.2, 0.25) is 0 Å². The van der Waals surface area contributed by atoms with Crippen LogP contribution >= 0.6 is 11.8 Å². The highest BCUT2D eigenvalue weighted by Crippen LogP contribution is 2.25. The molecule has 0 bridgehead atoms. The molecule has 5 heteroatoms. The van der Waals surface area contributed by atoms with Crippen molar-refractivity contribution >= 4 is 23.4 Å². The molecule has 1 aromatic carbocycles. The van der Waals surface area contributed by atoms with Crippen LogP contribution in [0.25, 0.3) is 0 Å². The Bertz CT molecular complexity index is 420. The molecule has 1 aliphatic heterocycles. The number of ether oxygens (including phenoxy) is 1. The zero-order valence-electron chi connectivity index (χ0n) is 11.1. The monoisotopic (exact) mass is 280 g/mol. The van der Waals surface area contributed by atoms with Gasteiger partial charge in [0.25, 0.3) is 0 Å². The summed E-state index contributed by atoms with van der Waals surface area (Å²) in [5, 5.41) is 6.73. The maximum Gasteiger partial charge on any atom is 0.238 e. The van der Waals surface area contributed by atoms with Gasteiger partial charge in [0.2, 0.25) is 5.91 Å². The number of para-hydroxylation sites is 2. The molecule has 0 aromatic heterocycles. The number of carbonyl (C=O) groups excluding carboxylic acids is 1. The first-order valence-electron chi connectivity index (χ1n) is 6.55. The molecule has 1 aliphatic rings. The van der Waals surface area contributed by atoms with Gasteiger partial charge in [-0.3, -0.25) is 4.79 Å². The number of methoxy groups -OCH3 is 1. The third-order valence-corrected chi connectivity index (χ3v) is 4.46. The lowest BCUT2D eigenvalue weighted by molar-refractivity contribution is -0.115. The summed E-state index contributed by atoms with van der Waals surface area (Å²) in [6, 6.07) is 7.42. The summed E-state index contributed by atoms with van der Waals surface area (Å²) in [6.07, 6.45) is 2.55. The van der Waals surface area contributed by atoms with Gasteiger partial charge in [-0.15, -0.1) is 0 Å². The summed E-state index contributed by atoms with van der Waals surface area (Å²) in [5.41, 5.74) is 0.715. The van der Waals surface area contributed by atoms with E-state index >= 15 is 0 Å². The minimum atomic E-state index is -0.0347. The van der Waals surface area contributed by atoms with E-state index in [0.717, 1.165) is 6.54 Å². The molecule has 19 heavy (non-hydrogen) atoms. The van der Waals surface area contributed by atoms with Crippen molar-refractivity contribution in [2.75, 3.05) is 31.3 Å². The number of nitrogens with one attached hydrogen (secondary N) is 2. The lowest BCUT2D eigenvalue weighted by Crippen LogP contribution is -2.32. The molecule has 1 saturated heterocycles. The van der Waals surface area contributed by atoms with Gasteiger partial charge in [0, 0.05) is 11.8 Å². The van der Waals surface area contributed by atoms with Gasteiger partial charge in [0.1, 0.15) is 5.75 Å².